The van der Waals surface area contributed by atoms with Crippen molar-refractivity contribution in [1.29, 1.82) is 0 Å². The van der Waals surface area contributed by atoms with Crippen LogP contribution in [0.15, 0.2) is 70.0 Å². The van der Waals surface area contributed by atoms with Crippen molar-refractivity contribution in [3.8, 4) is 22.5 Å². The smallest absolute Gasteiger partial charge is 0.295 e. The number of hydrogen-bond acceptors (Lipinski definition) is 4. The highest BCUT2D eigenvalue weighted by Crippen LogP contribution is 2.42. The number of hydrogen-bond donors (Lipinski definition) is 2. The molecule has 0 bridgehead atoms. The van der Waals surface area contributed by atoms with Gasteiger partial charge in [0.1, 0.15) is 29.3 Å². The van der Waals surface area contributed by atoms with Gasteiger partial charge in [-0.25, -0.2) is 4.58 Å². The molecule has 4 rings (SSSR count). The Morgan fingerprint density at radius 1 is 0.968 bits per heavy atom. The predicted octanol–water partition coefficient (Wildman–Crippen LogP) is 4.31. The first-order valence-electron chi connectivity index (χ1n) is 10.2. The molecule has 2 N–H and O–H groups in total. The first-order chi connectivity index (χ1) is 14.9. The fourth-order valence-electron chi connectivity index (χ4n) is 4.01. The molecule has 0 atom stereocenters. The van der Waals surface area contributed by atoms with Crippen molar-refractivity contribution in [2.75, 3.05) is 25.5 Å². The van der Waals surface area contributed by atoms with E-state index < -0.39 is 10.1 Å². The third-order valence-electron chi connectivity index (χ3n) is 5.56. The summed E-state index contributed by atoms with van der Waals surface area (Å²) in [5.41, 5.74) is 3.42. The maximum Gasteiger partial charge on any atom is 0.295 e. The van der Waals surface area contributed by atoms with Crippen molar-refractivity contribution in [3.63, 3.8) is 0 Å². The predicted molar refractivity (Wildman–Crippen MR) is 124 cm³/mol. The second kappa shape index (κ2) is 8.17. The lowest BCUT2D eigenvalue weighted by Crippen LogP contribution is -2.29. The van der Waals surface area contributed by atoms with Crippen LogP contribution in [0.2, 0.25) is 0 Å². The van der Waals surface area contributed by atoms with Crippen LogP contribution in [0.1, 0.15) is 13.8 Å². The zero-order valence-electron chi connectivity index (χ0n) is 17.7. The van der Waals surface area contributed by atoms with Gasteiger partial charge in [-0.2, -0.15) is 8.42 Å². The summed E-state index contributed by atoms with van der Waals surface area (Å²) in [6.07, 6.45) is 0. The van der Waals surface area contributed by atoms with Crippen molar-refractivity contribution in [2.45, 2.75) is 18.7 Å². The normalized spacial score (nSPS) is 11.7. The molecule has 2 aromatic rings. The van der Waals surface area contributed by atoms with E-state index in [4.69, 9.17) is 4.42 Å². The molecule has 160 valence electrons. The second-order valence-corrected chi connectivity index (χ2v) is 8.65. The number of fused-ring (bicyclic) bond motifs is 2. The van der Waals surface area contributed by atoms with Crippen LogP contribution in [-0.4, -0.2) is 33.1 Å². The second-order valence-electron chi connectivity index (χ2n) is 7.26. The minimum absolute atomic E-state index is 0.130. The summed E-state index contributed by atoms with van der Waals surface area (Å²) in [6, 6.07) is 18.1. The Bertz CT molecular complexity index is 1420. The minimum Gasteiger partial charge on any atom is -0.456 e. The molecule has 0 amide bonds. The molecular formula is C24H25N2O4S+. The Hall–Kier alpha value is -3.16. The van der Waals surface area contributed by atoms with E-state index in [9.17, 15) is 13.0 Å². The Morgan fingerprint density at radius 2 is 1.71 bits per heavy atom. The highest BCUT2D eigenvalue weighted by atomic mass is 32.2. The van der Waals surface area contributed by atoms with Gasteiger partial charge in [-0.1, -0.05) is 18.2 Å². The fourth-order valence-corrected chi connectivity index (χ4v) is 4.71. The van der Waals surface area contributed by atoms with Gasteiger partial charge >= 0.3 is 0 Å². The molecule has 1 aliphatic carbocycles. The van der Waals surface area contributed by atoms with Gasteiger partial charge in [-0.05, 0) is 38.1 Å². The van der Waals surface area contributed by atoms with Crippen molar-refractivity contribution in [1.82, 2.24) is 4.58 Å². The van der Waals surface area contributed by atoms with Crippen LogP contribution >= 0.6 is 0 Å². The third-order valence-corrected chi connectivity index (χ3v) is 6.47. The Morgan fingerprint density at radius 3 is 2.39 bits per heavy atom. The summed E-state index contributed by atoms with van der Waals surface area (Å²) in [6.45, 7) is 5.91. The fraction of sp³-hybridized carbons (Fsp3) is 0.208. The summed E-state index contributed by atoms with van der Waals surface area (Å²) in [5, 5.41) is 4.90. The van der Waals surface area contributed by atoms with Crippen LogP contribution < -0.4 is 15.2 Å². The Kier molecular flexibility index (Phi) is 5.56. The molecule has 31 heavy (non-hydrogen) atoms. The van der Waals surface area contributed by atoms with Crippen LogP contribution in [0.3, 0.4) is 0 Å². The number of nitrogens with zero attached hydrogens (tertiary/aromatic N) is 1. The molecule has 0 saturated carbocycles. The summed E-state index contributed by atoms with van der Waals surface area (Å²) in [7, 11) is -2.58. The van der Waals surface area contributed by atoms with E-state index in [0.717, 1.165) is 35.1 Å². The first kappa shape index (κ1) is 21.1. The van der Waals surface area contributed by atoms with Gasteiger partial charge in [0.15, 0.2) is 0 Å². The monoisotopic (exact) mass is 437 g/mol. The van der Waals surface area contributed by atoms with Gasteiger partial charge in [0, 0.05) is 46.9 Å². The molecule has 0 saturated heterocycles. The molecule has 1 heterocycles. The van der Waals surface area contributed by atoms with E-state index in [-0.39, 0.29) is 4.90 Å². The van der Waals surface area contributed by atoms with E-state index in [2.05, 4.69) is 23.7 Å². The molecule has 2 aromatic carbocycles. The quantitative estimate of drug-likeness (QED) is 0.276. The minimum atomic E-state index is -4.41. The van der Waals surface area contributed by atoms with Gasteiger partial charge < -0.3 is 9.73 Å². The van der Waals surface area contributed by atoms with Gasteiger partial charge in [0.05, 0.1) is 6.07 Å². The van der Waals surface area contributed by atoms with E-state index in [1.54, 1.807) is 18.2 Å². The van der Waals surface area contributed by atoms with E-state index >= 15 is 0 Å². The van der Waals surface area contributed by atoms with E-state index in [0.29, 0.717) is 22.5 Å². The molecule has 0 spiro atoms. The maximum absolute atomic E-state index is 12.1. The largest absolute Gasteiger partial charge is 0.456 e. The summed E-state index contributed by atoms with van der Waals surface area (Å²) < 4.78 is 42.6. The molecule has 6 nitrogen and oxygen atoms in total. The third kappa shape index (κ3) is 3.82. The highest BCUT2D eigenvalue weighted by Gasteiger charge is 2.23. The average Bonchev–Trinajstić information content (AvgIpc) is 2.77. The van der Waals surface area contributed by atoms with Gasteiger partial charge in [-0.3, -0.25) is 4.55 Å². The Labute approximate surface area is 181 Å². The summed E-state index contributed by atoms with van der Waals surface area (Å²) in [5.74, 6) is 0.644. The number of benzene rings is 3. The number of nitrogens with one attached hydrogen (secondary N) is 1. The van der Waals surface area contributed by atoms with Crippen LogP contribution in [0.4, 0.5) is 5.69 Å². The van der Waals surface area contributed by atoms with Crippen molar-refractivity contribution in [3.05, 3.63) is 66.0 Å². The molecule has 0 fully saturated rings. The van der Waals surface area contributed by atoms with Crippen molar-refractivity contribution >= 4 is 26.8 Å². The number of rotatable bonds is 5. The van der Waals surface area contributed by atoms with E-state index in [1.807, 2.05) is 43.4 Å². The van der Waals surface area contributed by atoms with Crippen molar-refractivity contribution in [2.24, 2.45) is 0 Å². The van der Waals surface area contributed by atoms with Crippen molar-refractivity contribution < 1.29 is 17.4 Å². The molecule has 7 heteroatoms. The lowest BCUT2D eigenvalue weighted by atomic mass is 9.93. The lowest BCUT2D eigenvalue weighted by Gasteiger charge is -2.17. The number of anilines is 1. The Balaban J connectivity index is 2.19. The first-order valence-corrected chi connectivity index (χ1v) is 11.6. The van der Waals surface area contributed by atoms with Gasteiger partial charge in [0.2, 0.25) is 5.36 Å². The van der Waals surface area contributed by atoms with Crippen LogP contribution in [0.5, 0.6) is 0 Å². The summed E-state index contributed by atoms with van der Waals surface area (Å²) >= 11 is 0. The molecule has 1 aliphatic heterocycles. The van der Waals surface area contributed by atoms with Gasteiger partial charge in [-0.15, -0.1) is 0 Å². The van der Waals surface area contributed by atoms with Crippen LogP contribution in [0.25, 0.3) is 33.4 Å². The van der Waals surface area contributed by atoms with Gasteiger partial charge in [0.25, 0.3) is 10.1 Å². The maximum atomic E-state index is 12.1. The topological polar surface area (TPSA) is 82.5 Å². The van der Waals surface area contributed by atoms with E-state index in [1.165, 1.54) is 6.07 Å². The summed E-state index contributed by atoms with van der Waals surface area (Å²) in [4.78, 5) is -0.130. The molecular weight excluding hydrogens is 412 g/mol. The zero-order valence-corrected chi connectivity index (χ0v) is 18.5. The zero-order chi connectivity index (χ0) is 22.2. The lowest BCUT2D eigenvalue weighted by molar-refractivity contribution is 0.483. The molecule has 0 unspecified atom stereocenters. The SMILES string of the molecule is CC[N+](CC)=c1ccc2c(-c3ccccc3S(=O)(=O)O)c3ccc(NC)cc3oc-2c1. The van der Waals surface area contributed by atoms with Crippen LogP contribution in [0, 0.1) is 0 Å². The molecule has 2 aliphatic rings. The average molecular weight is 438 g/mol. The standard InChI is InChI=1S/C24H24N2O4S/c1-4-26(5-2)17-11-13-19-22(15-17)30-21-14-16(25-3)10-12-18(21)24(19)20-8-6-7-9-23(20)31(27,28)29/h6-15H,4-5H2,1-3H3,(H,27,28,29)/p+1. The molecule has 0 aromatic heterocycles. The molecule has 0 radical (unpaired) electrons. The highest BCUT2D eigenvalue weighted by molar-refractivity contribution is 7.86. The van der Waals surface area contributed by atoms with Crippen LogP contribution in [-0.2, 0) is 10.1 Å².